The van der Waals surface area contributed by atoms with Gasteiger partial charge in [-0.15, -0.1) is 0 Å². The predicted molar refractivity (Wildman–Crippen MR) is 131 cm³/mol. The van der Waals surface area contributed by atoms with Gasteiger partial charge in [0, 0.05) is 30.1 Å². The number of nitrogens with zero attached hydrogens (tertiary/aromatic N) is 3. The number of amides is 1. The van der Waals surface area contributed by atoms with Gasteiger partial charge >= 0.3 is 0 Å². The fourth-order valence-corrected chi connectivity index (χ4v) is 4.92. The van der Waals surface area contributed by atoms with E-state index in [0.717, 1.165) is 42.4 Å². The highest BCUT2D eigenvalue weighted by Gasteiger charge is 2.28. The van der Waals surface area contributed by atoms with Gasteiger partial charge in [-0.2, -0.15) is 0 Å². The first-order chi connectivity index (χ1) is 16.2. The number of carbonyl (C=O) groups excluding carboxylic acids is 2. The van der Waals surface area contributed by atoms with E-state index in [9.17, 15) is 9.59 Å². The number of pyridine rings is 1. The SMILES string of the molecule is O=C(C=Cc1ccc(C(=O)N2CCC(N3CCCC3)CC2)cc1)c1ccc2ccccc2n1. The second kappa shape index (κ2) is 9.67. The van der Waals surface area contributed by atoms with Crippen molar-refractivity contribution in [2.45, 2.75) is 31.7 Å². The molecule has 2 aliphatic rings. The van der Waals surface area contributed by atoms with Crippen LogP contribution in [0.25, 0.3) is 17.0 Å². The van der Waals surface area contributed by atoms with Gasteiger partial charge < -0.3 is 9.80 Å². The topological polar surface area (TPSA) is 53.5 Å². The molecule has 0 unspecified atom stereocenters. The molecule has 0 spiro atoms. The van der Waals surface area contributed by atoms with E-state index in [2.05, 4.69) is 9.88 Å². The smallest absolute Gasteiger partial charge is 0.253 e. The molecule has 0 aliphatic carbocycles. The van der Waals surface area contributed by atoms with E-state index in [0.29, 0.717) is 17.3 Å². The van der Waals surface area contributed by atoms with Crippen LogP contribution in [0.4, 0.5) is 0 Å². The van der Waals surface area contributed by atoms with Crippen LogP contribution >= 0.6 is 0 Å². The van der Waals surface area contributed by atoms with Crippen molar-refractivity contribution in [1.29, 1.82) is 0 Å². The highest BCUT2D eigenvalue weighted by Crippen LogP contribution is 2.22. The molecule has 2 aliphatic heterocycles. The molecule has 0 atom stereocenters. The maximum atomic E-state index is 12.9. The van der Waals surface area contributed by atoms with Gasteiger partial charge in [-0.05, 0) is 74.7 Å². The molecule has 3 aromatic rings. The van der Waals surface area contributed by atoms with Crippen molar-refractivity contribution in [1.82, 2.24) is 14.8 Å². The van der Waals surface area contributed by atoms with Gasteiger partial charge in [0.2, 0.25) is 5.78 Å². The number of ketones is 1. The molecule has 5 rings (SSSR count). The molecule has 0 bridgehead atoms. The lowest BCUT2D eigenvalue weighted by Gasteiger charge is -2.36. The Morgan fingerprint density at radius 1 is 0.848 bits per heavy atom. The van der Waals surface area contributed by atoms with Gasteiger partial charge in [-0.25, -0.2) is 4.98 Å². The van der Waals surface area contributed by atoms with Gasteiger partial charge in [0.1, 0.15) is 5.69 Å². The summed E-state index contributed by atoms with van der Waals surface area (Å²) >= 11 is 0. The summed E-state index contributed by atoms with van der Waals surface area (Å²) in [6.07, 6.45) is 8.07. The van der Waals surface area contributed by atoms with Crippen LogP contribution in [0.3, 0.4) is 0 Å². The molecule has 3 heterocycles. The summed E-state index contributed by atoms with van der Waals surface area (Å²) in [6, 6.07) is 19.5. The first-order valence-corrected chi connectivity index (χ1v) is 11.9. The minimum absolute atomic E-state index is 0.0989. The number of rotatable bonds is 5. The summed E-state index contributed by atoms with van der Waals surface area (Å²) in [5, 5.41) is 1.01. The molecule has 2 fully saturated rings. The third-order valence-corrected chi connectivity index (χ3v) is 6.84. The molecule has 33 heavy (non-hydrogen) atoms. The molecule has 168 valence electrons. The third-order valence-electron chi connectivity index (χ3n) is 6.84. The number of likely N-dealkylation sites (tertiary alicyclic amines) is 2. The Kier molecular flexibility index (Phi) is 6.31. The summed E-state index contributed by atoms with van der Waals surface area (Å²) in [7, 11) is 0. The van der Waals surface area contributed by atoms with E-state index >= 15 is 0 Å². The monoisotopic (exact) mass is 439 g/mol. The third kappa shape index (κ3) is 4.88. The number of allylic oxidation sites excluding steroid dienone is 1. The number of fused-ring (bicyclic) bond motifs is 1. The second-order valence-corrected chi connectivity index (χ2v) is 8.98. The number of hydrogen-bond acceptors (Lipinski definition) is 4. The number of carbonyl (C=O) groups is 2. The van der Waals surface area contributed by atoms with Gasteiger partial charge in [0.15, 0.2) is 0 Å². The Hall–Kier alpha value is -3.31. The first kappa shape index (κ1) is 21.5. The molecule has 2 saturated heterocycles. The summed E-state index contributed by atoms with van der Waals surface area (Å²) in [4.78, 5) is 34.5. The highest BCUT2D eigenvalue weighted by atomic mass is 16.2. The lowest BCUT2D eigenvalue weighted by Crippen LogP contribution is -2.45. The summed E-state index contributed by atoms with van der Waals surface area (Å²) in [6.45, 7) is 4.09. The molecule has 0 radical (unpaired) electrons. The fourth-order valence-electron chi connectivity index (χ4n) is 4.92. The molecule has 1 amide bonds. The van der Waals surface area contributed by atoms with E-state index in [-0.39, 0.29) is 11.7 Å². The van der Waals surface area contributed by atoms with Crippen LogP contribution in [0, 0.1) is 0 Å². The second-order valence-electron chi connectivity index (χ2n) is 8.98. The molecule has 1 aromatic heterocycles. The zero-order chi connectivity index (χ0) is 22.6. The Labute approximate surface area is 194 Å². The quantitative estimate of drug-likeness (QED) is 0.422. The number of piperidine rings is 1. The molecular formula is C28H29N3O2. The van der Waals surface area contributed by atoms with Crippen LogP contribution in [-0.2, 0) is 0 Å². The zero-order valence-electron chi connectivity index (χ0n) is 18.8. The van der Waals surface area contributed by atoms with Gasteiger partial charge in [0.25, 0.3) is 5.91 Å². The summed E-state index contributed by atoms with van der Waals surface area (Å²) in [5.41, 5.74) is 2.82. The van der Waals surface area contributed by atoms with Crippen LogP contribution < -0.4 is 0 Å². The van der Waals surface area contributed by atoms with Gasteiger partial charge in [-0.3, -0.25) is 9.59 Å². The minimum Gasteiger partial charge on any atom is -0.339 e. The van der Waals surface area contributed by atoms with Crippen LogP contribution in [0.15, 0.2) is 66.7 Å². The maximum Gasteiger partial charge on any atom is 0.253 e. The molecule has 5 nitrogen and oxygen atoms in total. The Bertz CT molecular complexity index is 1170. The van der Waals surface area contributed by atoms with E-state index < -0.39 is 0 Å². The van der Waals surface area contributed by atoms with E-state index in [4.69, 9.17) is 0 Å². The van der Waals surface area contributed by atoms with E-state index in [1.807, 2.05) is 59.5 Å². The Morgan fingerprint density at radius 3 is 2.33 bits per heavy atom. The van der Waals surface area contributed by atoms with Crippen molar-refractivity contribution in [2.75, 3.05) is 26.2 Å². The van der Waals surface area contributed by atoms with Crippen molar-refractivity contribution in [2.24, 2.45) is 0 Å². The minimum atomic E-state index is -0.137. The lowest BCUT2D eigenvalue weighted by molar-refractivity contribution is 0.0644. The normalized spacial score (nSPS) is 17.8. The standard InChI is InChI=1S/C28H29N3O2/c32-27(26-13-12-22-5-1-2-6-25(22)29-26)14-9-21-7-10-23(11-8-21)28(33)31-19-15-24(16-20-31)30-17-3-4-18-30/h1-2,5-14,24H,3-4,15-20H2. The van der Waals surface area contributed by atoms with Crippen LogP contribution in [-0.4, -0.2) is 58.7 Å². The Balaban J connectivity index is 1.19. The Morgan fingerprint density at radius 2 is 1.58 bits per heavy atom. The highest BCUT2D eigenvalue weighted by molar-refractivity contribution is 6.06. The van der Waals surface area contributed by atoms with Crippen LogP contribution in [0.2, 0.25) is 0 Å². The summed E-state index contributed by atoms with van der Waals surface area (Å²) < 4.78 is 0. The van der Waals surface area contributed by atoms with Gasteiger partial charge in [-0.1, -0.05) is 42.5 Å². The number of aromatic nitrogens is 1. The average Bonchev–Trinajstić information content (AvgIpc) is 3.42. The number of para-hydroxylation sites is 1. The molecule has 2 aromatic carbocycles. The molecule has 0 N–H and O–H groups in total. The first-order valence-electron chi connectivity index (χ1n) is 11.9. The van der Waals surface area contributed by atoms with Crippen molar-refractivity contribution in [3.8, 4) is 0 Å². The van der Waals surface area contributed by atoms with Crippen molar-refractivity contribution in [3.05, 3.63) is 83.6 Å². The molecular weight excluding hydrogens is 410 g/mol. The van der Waals surface area contributed by atoms with Crippen LogP contribution in [0.5, 0.6) is 0 Å². The molecule has 0 saturated carbocycles. The van der Waals surface area contributed by atoms with Crippen molar-refractivity contribution < 1.29 is 9.59 Å². The van der Waals surface area contributed by atoms with Crippen molar-refractivity contribution >= 4 is 28.7 Å². The lowest BCUT2D eigenvalue weighted by atomic mass is 10.0. The van der Waals surface area contributed by atoms with Gasteiger partial charge in [0.05, 0.1) is 5.52 Å². The average molecular weight is 440 g/mol. The number of benzene rings is 2. The fraction of sp³-hybridized carbons (Fsp3) is 0.321. The predicted octanol–water partition coefficient (Wildman–Crippen LogP) is 4.83. The van der Waals surface area contributed by atoms with E-state index in [1.54, 1.807) is 12.1 Å². The molecule has 5 heteroatoms. The zero-order valence-corrected chi connectivity index (χ0v) is 18.8. The maximum absolute atomic E-state index is 12.9. The number of hydrogen-bond donors (Lipinski definition) is 0. The van der Waals surface area contributed by atoms with Crippen molar-refractivity contribution in [3.63, 3.8) is 0 Å². The van der Waals surface area contributed by atoms with Crippen LogP contribution in [0.1, 0.15) is 52.1 Å². The summed E-state index contributed by atoms with van der Waals surface area (Å²) in [5.74, 6) is -0.0383. The van der Waals surface area contributed by atoms with E-state index in [1.165, 1.54) is 32.0 Å². The largest absolute Gasteiger partial charge is 0.339 e.